The van der Waals surface area contributed by atoms with E-state index in [1.165, 1.54) is 11.9 Å². The van der Waals surface area contributed by atoms with Gasteiger partial charge in [-0.1, -0.05) is 0 Å². The molecular weight excluding hydrogens is 294 g/mol. The first-order chi connectivity index (χ1) is 9.20. The van der Waals surface area contributed by atoms with Crippen LogP contribution < -0.4 is 9.88 Å². The van der Waals surface area contributed by atoms with Crippen LogP contribution in [0.25, 0.3) is 0 Å². The number of carbonyl (C=O) groups is 1. The summed E-state index contributed by atoms with van der Waals surface area (Å²) in [5.74, 6) is -3.47. The zero-order valence-electron chi connectivity index (χ0n) is 10.5. The average Bonchev–Trinajstić information content (AvgIpc) is 2.62. The first-order valence-electron chi connectivity index (χ1n) is 5.63. The molecule has 20 heavy (non-hydrogen) atoms. The van der Waals surface area contributed by atoms with Gasteiger partial charge in [-0.3, -0.25) is 4.79 Å². The summed E-state index contributed by atoms with van der Waals surface area (Å²) < 4.78 is 54.6. The second-order valence-corrected chi connectivity index (χ2v) is 5.94. The number of hydrogen-bond donors (Lipinski definition) is 1. The standard InChI is InChI=1S/C11H12F2N2O4S/c1-15-3-2-8(11(15)16)19-10-7(13)4-6(12)5-9(10)20(14,17)18/h4-5,8H,2-3H2,1H3,(H2,14,17,18). The van der Waals surface area contributed by atoms with E-state index in [2.05, 4.69) is 0 Å². The van der Waals surface area contributed by atoms with Crippen LogP contribution in [0, 0.1) is 11.6 Å². The SMILES string of the molecule is CN1CCC(Oc2c(F)cc(F)cc2S(N)(=O)=O)C1=O. The van der Waals surface area contributed by atoms with Crippen molar-refractivity contribution in [3.05, 3.63) is 23.8 Å². The maximum absolute atomic E-state index is 13.7. The van der Waals surface area contributed by atoms with Crippen LogP contribution in [0.15, 0.2) is 17.0 Å². The summed E-state index contributed by atoms with van der Waals surface area (Å²) in [7, 11) is -2.85. The molecule has 1 saturated heterocycles. The summed E-state index contributed by atoms with van der Waals surface area (Å²) in [5, 5.41) is 4.90. The Morgan fingerprint density at radius 1 is 1.40 bits per heavy atom. The van der Waals surface area contributed by atoms with Crippen molar-refractivity contribution in [2.24, 2.45) is 5.14 Å². The van der Waals surface area contributed by atoms with Gasteiger partial charge < -0.3 is 9.64 Å². The lowest BCUT2D eigenvalue weighted by molar-refractivity contribution is -0.132. The van der Waals surface area contributed by atoms with Gasteiger partial charge in [-0.2, -0.15) is 0 Å². The van der Waals surface area contributed by atoms with E-state index in [1.807, 2.05) is 0 Å². The fourth-order valence-corrected chi connectivity index (χ4v) is 2.59. The molecule has 0 spiro atoms. The van der Waals surface area contributed by atoms with Gasteiger partial charge in [0.25, 0.3) is 5.91 Å². The molecule has 0 aliphatic carbocycles. The summed E-state index contributed by atoms with van der Waals surface area (Å²) in [6.07, 6.45) is -0.739. The second-order valence-electron chi connectivity index (χ2n) is 4.41. The molecule has 2 rings (SSSR count). The van der Waals surface area contributed by atoms with Gasteiger partial charge in [0.05, 0.1) is 0 Å². The topological polar surface area (TPSA) is 89.7 Å². The Hall–Kier alpha value is -1.74. The maximum Gasteiger partial charge on any atom is 0.263 e. The predicted octanol–water partition coefficient (Wildman–Crippen LogP) is 0.222. The number of rotatable bonds is 3. The number of likely N-dealkylation sites (tertiary alicyclic amines) is 1. The number of benzene rings is 1. The van der Waals surface area contributed by atoms with Gasteiger partial charge in [-0.25, -0.2) is 22.3 Å². The number of halogens is 2. The lowest BCUT2D eigenvalue weighted by Crippen LogP contribution is -2.30. The van der Waals surface area contributed by atoms with E-state index in [9.17, 15) is 22.0 Å². The largest absolute Gasteiger partial charge is 0.476 e. The third-order valence-corrected chi connectivity index (χ3v) is 3.84. The number of carbonyl (C=O) groups excluding carboxylic acids is 1. The molecule has 0 saturated carbocycles. The minimum atomic E-state index is -4.38. The minimum Gasteiger partial charge on any atom is -0.476 e. The van der Waals surface area contributed by atoms with Crippen molar-refractivity contribution < 1.29 is 26.7 Å². The fourth-order valence-electron chi connectivity index (χ4n) is 1.90. The van der Waals surface area contributed by atoms with E-state index in [-0.39, 0.29) is 6.42 Å². The molecule has 2 N–H and O–H groups in total. The van der Waals surface area contributed by atoms with Gasteiger partial charge in [0.2, 0.25) is 10.0 Å². The highest BCUT2D eigenvalue weighted by Crippen LogP contribution is 2.30. The van der Waals surface area contributed by atoms with Crippen LogP contribution >= 0.6 is 0 Å². The van der Waals surface area contributed by atoms with E-state index in [1.54, 1.807) is 0 Å². The van der Waals surface area contributed by atoms with E-state index >= 15 is 0 Å². The molecule has 1 aromatic carbocycles. The van der Waals surface area contributed by atoms with Crippen LogP contribution in [0.4, 0.5) is 8.78 Å². The Bertz CT molecular complexity index is 663. The number of amides is 1. The Morgan fingerprint density at radius 2 is 2.05 bits per heavy atom. The lowest BCUT2D eigenvalue weighted by Gasteiger charge is -2.16. The number of ether oxygens (including phenoxy) is 1. The highest BCUT2D eigenvalue weighted by Gasteiger charge is 2.33. The summed E-state index contributed by atoms with van der Waals surface area (Å²) in [5.41, 5.74) is 0. The van der Waals surface area contributed by atoms with Crippen LogP contribution in [0.2, 0.25) is 0 Å². The summed E-state index contributed by atoms with van der Waals surface area (Å²) in [6.45, 7) is 0.400. The van der Waals surface area contributed by atoms with Gasteiger partial charge in [0.1, 0.15) is 10.7 Å². The summed E-state index contributed by atoms with van der Waals surface area (Å²) in [6, 6.07) is 1.02. The van der Waals surface area contributed by atoms with Gasteiger partial charge >= 0.3 is 0 Å². The van der Waals surface area contributed by atoms with E-state index in [4.69, 9.17) is 9.88 Å². The molecule has 1 aromatic rings. The Morgan fingerprint density at radius 3 is 2.55 bits per heavy atom. The molecule has 1 heterocycles. The summed E-state index contributed by atoms with van der Waals surface area (Å²) >= 11 is 0. The number of primary sulfonamides is 1. The van der Waals surface area contributed by atoms with Gasteiger partial charge in [0.15, 0.2) is 17.7 Å². The highest BCUT2D eigenvalue weighted by atomic mass is 32.2. The molecule has 1 fully saturated rings. The fraction of sp³-hybridized carbons (Fsp3) is 0.364. The first kappa shape index (κ1) is 14.7. The molecule has 1 unspecified atom stereocenters. The van der Waals surface area contributed by atoms with Crippen LogP contribution in [0.3, 0.4) is 0 Å². The van der Waals surface area contributed by atoms with E-state index in [0.717, 1.165) is 0 Å². The number of nitrogens with two attached hydrogens (primary N) is 1. The Balaban J connectivity index is 2.44. The molecule has 1 aliphatic rings. The monoisotopic (exact) mass is 306 g/mol. The van der Waals surface area contributed by atoms with Crippen LogP contribution in [0.5, 0.6) is 5.75 Å². The normalized spacial score (nSPS) is 19.5. The number of hydrogen-bond acceptors (Lipinski definition) is 4. The lowest BCUT2D eigenvalue weighted by atomic mass is 10.3. The van der Waals surface area contributed by atoms with Crippen molar-refractivity contribution in [2.45, 2.75) is 17.4 Å². The molecule has 0 radical (unpaired) electrons. The highest BCUT2D eigenvalue weighted by molar-refractivity contribution is 7.89. The second kappa shape index (κ2) is 4.98. The van der Waals surface area contributed by atoms with Crippen molar-refractivity contribution in [1.29, 1.82) is 0 Å². The number of sulfonamides is 1. The van der Waals surface area contributed by atoms with Crippen molar-refractivity contribution in [1.82, 2.24) is 4.90 Å². The van der Waals surface area contributed by atoms with Crippen molar-refractivity contribution in [3.63, 3.8) is 0 Å². The summed E-state index contributed by atoms with van der Waals surface area (Å²) in [4.78, 5) is 12.2. The molecule has 1 amide bonds. The molecule has 1 atom stereocenters. The first-order valence-corrected chi connectivity index (χ1v) is 7.18. The van der Waals surface area contributed by atoms with Crippen molar-refractivity contribution >= 4 is 15.9 Å². The van der Waals surface area contributed by atoms with Crippen LogP contribution in [0.1, 0.15) is 6.42 Å². The van der Waals surface area contributed by atoms with Crippen LogP contribution in [-0.4, -0.2) is 38.9 Å². The molecule has 1 aliphatic heterocycles. The number of likely N-dealkylation sites (N-methyl/N-ethyl adjacent to an activating group) is 1. The number of nitrogens with zero attached hydrogens (tertiary/aromatic N) is 1. The van der Waals surface area contributed by atoms with Crippen LogP contribution in [-0.2, 0) is 14.8 Å². The van der Waals surface area contributed by atoms with Gasteiger partial charge in [-0.15, -0.1) is 0 Å². The molecule has 9 heteroatoms. The maximum atomic E-state index is 13.7. The van der Waals surface area contributed by atoms with E-state index in [0.29, 0.717) is 18.7 Å². The molecule has 6 nitrogen and oxygen atoms in total. The smallest absolute Gasteiger partial charge is 0.263 e. The molecule has 110 valence electrons. The predicted molar refractivity (Wildman–Crippen MR) is 64.4 cm³/mol. The minimum absolute atomic E-state index is 0.274. The van der Waals surface area contributed by atoms with Crippen molar-refractivity contribution in [3.8, 4) is 5.75 Å². The quantitative estimate of drug-likeness (QED) is 0.865. The zero-order chi connectivity index (χ0) is 15.1. The van der Waals surface area contributed by atoms with Gasteiger partial charge in [-0.05, 0) is 6.07 Å². The van der Waals surface area contributed by atoms with E-state index < -0.39 is 44.3 Å². The zero-order valence-corrected chi connectivity index (χ0v) is 11.3. The molecular formula is C11H12F2N2O4S. The van der Waals surface area contributed by atoms with Gasteiger partial charge in [0, 0.05) is 26.1 Å². The molecule has 0 bridgehead atoms. The third-order valence-electron chi connectivity index (χ3n) is 2.92. The Kier molecular flexibility index (Phi) is 3.65. The molecule has 0 aromatic heterocycles. The average molecular weight is 306 g/mol. The Labute approximate surface area is 114 Å². The third kappa shape index (κ3) is 2.73. The van der Waals surface area contributed by atoms with Crippen molar-refractivity contribution in [2.75, 3.05) is 13.6 Å².